The Hall–Kier alpha value is -1.55. The number of rotatable bonds is 2. The summed E-state index contributed by atoms with van der Waals surface area (Å²) in [6.07, 6.45) is 7.07. The first kappa shape index (κ1) is 15.0. The van der Waals surface area contributed by atoms with Gasteiger partial charge in [0.25, 0.3) is 0 Å². The number of hydrogen-bond acceptors (Lipinski definition) is 4. The van der Waals surface area contributed by atoms with Crippen LogP contribution < -0.4 is 9.47 Å². The van der Waals surface area contributed by atoms with Crippen LogP contribution >= 0.6 is 0 Å². The fourth-order valence-electron chi connectivity index (χ4n) is 4.78. The minimum absolute atomic E-state index is 0.165. The van der Waals surface area contributed by atoms with Gasteiger partial charge in [-0.3, -0.25) is 4.79 Å². The molecule has 3 atom stereocenters. The molecule has 1 aromatic rings. The number of hydrogen-bond donors (Lipinski definition) is 0. The molecule has 1 aliphatic heterocycles. The maximum atomic E-state index is 13.2. The van der Waals surface area contributed by atoms with Crippen molar-refractivity contribution >= 4 is 5.78 Å². The summed E-state index contributed by atoms with van der Waals surface area (Å²) in [6, 6.07) is 6.07. The summed E-state index contributed by atoms with van der Waals surface area (Å²) >= 11 is 0. The van der Waals surface area contributed by atoms with Crippen LogP contribution in [-0.4, -0.2) is 25.8 Å². The summed E-state index contributed by atoms with van der Waals surface area (Å²) < 4.78 is 16.7. The first-order chi connectivity index (χ1) is 11.2. The zero-order chi connectivity index (χ0) is 15.9. The number of ether oxygens (including phenoxy) is 3. The van der Waals surface area contributed by atoms with Gasteiger partial charge in [0.1, 0.15) is 5.78 Å². The minimum atomic E-state index is -0.406. The lowest BCUT2D eigenvalue weighted by atomic mass is 9.59. The van der Waals surface area contributed by atoms with Crippen LogP contribution in [-0.2, 0) is 14.9 Å². The average molecular weight is 316 g/mol. The number of Topliss-reactive ketones (excluding diaryl/α,β-unsaturated/α-hetero) is 1. The molecule has 2 fully saturated rings. The smallest absolute Gasteiger partial charge is 0.231 e. The van der Waals surface area contributed by atoms with Gasteiger partial charge in [-0.2, -0.15) is 0 Å². The van der Waals surface area contributed by atoms with Gasteiger partial charge in [0.2, 0.25) is 6.79 Å². The van der Waals surface area contributed by atoms with Crippen molar-refractivity contribution in [3.8, 4) is 11.5 Å². The average Bonchev–Trinajstić information content (AvgIpc) is 2.99. The Morgan fingerprint density at radius 1 is 1.13 bits per heavy atom. The maximum Gasteiger partial charge on any atom is 0.231 e. The van der Waals surface area contributed by atoms with Crippen LogP contribution in [0.5, 0.6) is 11.5 Å². The zero-order valence-corrected chi connectivity index (χ0v) is 13.7. The summed E-state index contributed by atoms with van der Waals surface area (Å²) in [5, 5.41) is 0. The van der Waals surface area contributed by atoms with E-state index in [-0.39, 0.29) is 12.9 Å². The van der Waals surface area contributed by atoms with Crippen LogP contribution in [0.25, 0.3) is 0 Å². The predicted octanol–water partition coefficient (Wildman–Crippen LogP) is 3.61. The van der Waals surface area contributed by atoms with Gasteiger partial charge in [-0.25, -0.2) is 0 Å². The molecule has 0 saturated heterocycles. The fraction of sp³-hybridized carbons (Fsp3) is 0.632. The lowest BCUT2D eigenvalue weighted by Crippen LogP contribution is -2.48. The number of carbonyl (C=O) groups excluding carboxylic acids is 1. The van der Waals surface area contributed by atoms with E-state index in [0.717, 1.165) is 55.6 Å². The lowest BCUT2D eigenvalue weighted by Gasteiger charge is -2.45. The Morgan fingerprint density at radius 3 is 2.87 bits per heavy atom. The van der Waals surface area contributed by atoms with Crippen LogP contribution in [0.1, 0.15) is 50.5 Å². The first-order valence-corrected chi connectivity index (χ1v) is 8.70. The van der Waals surface area contributed by atoms with E-state index in [1.807, 2.05) is 12.1 Å². The molecule has 4 rings (SSSR count). The van der Waals surface area contributed by atoms with Crippen LogP contribution in [0, 0.1) is 5.92 Å². The molecule has 1 heterocycles. The molecule has 0 N–H and O–H groups in total. The van der Waals surface area contributed by atoms with Crippen molar-refractivity contribution in [2.75, 3.05) is 13.9 Å². The summed E-state index contributed by atoms with van der Waals surface area (Å²) in [4.78, 5) is 13.2. The first-order valence-electron chi connectivity index (χ1n) is 8.70. The molecule has 0 spiro atoms. The Kier molecular flexibility index (Phi) is 3.80. The molecular formula is C19H24O4. The largest absolute Gasteiger partial charge is 0.454 e. The third-order valence-electron chi connectivity index (χ3n) is 6.01. The van der Waals surface area contributed by atoms with E-state index in [0.29, 0.717) is 18.1 Å². The minimum Gasteiger partial charge on any atom is -0.454 e. The Balaban J connectivity index is 1.81. The summed E-state index contributed by atoms with van der Waals surface area (Å²) in [6.45, 7) is 0.268. The van der Waals surface area contributed by atoms with Gasteiger partial charge in [0.15, 0.2) is 11.5 Å². The zero-order valence-electron chi connectivity index (χ0n) is 13.7. The van der Waals surface area contributed by atoms with E-state index in [1.165, 1.54) is 0 Å². The number of carbonyl (C=O) groups is 1. The molecule has 0 bridgehead atoms. The molecule has 23 heavy (non-hydrogen) atoms. The van der Waals surface area contributed by atoms with Gasteiger partial charge in [-0.15, -0.1) is 0 Å². The highest BCUT2D eigenvalue weighted by atomic mass is 16.7. The molecule has 1 aromatic carbocycles. The predicted molar refractivity (Wildman–Crippen MR) is 85.9 cm³/mol. The van der Waals surface area contributed by atoms with E-state index in [2.05, 4.69) is 6.07 Å². The summed E-state index contributed by atoms with van der Waals surface area (Å²) in [5.74, 6) is 2.36. The molecule has 3 aliphatic rings. The third kappa shape index (κ3) is 2.35. The number of benzene rings is 1. The molecular weight excluding hydrogens is 292 g/mol. The second-order valence-electron chi connectivity index (χ2n) is 7.04. The molecule has 4 heteroatoms. The second-order valence-corrected chi connectivity index (χ2v) is 7.04. The molecule has 2 aliphatic carbocycles. The van der Waals surface area contributed by atoms with Gasteiger partial charge in [0.05, 0.1) is 11.5 Å². The Bertz CT molecular complexity index is 611. The SMILES string of the molecule is COC1CC[C@@H]2CCCCC(=O)[C@]2(c2ccc3c(c2)OCO3)C1. The van der Waals surface area contributed by atoms with Crippen LogP contribution in [0.2, 0.25) is 0 Å². The molecule has 124 valence electrons. The molecule has 0 amide bonds. The van der Waals surface area contributed by atoms with Gasteiger partial charge < -0.3 is 14.2 Å². The lowest BCUT2D eigenvalue weighted by molar-refractivity contribution is -0.130. The molecule has 0 aromatic heterocycles. The molecule has 4 nitrogen and oxygen atoms in total. The second kappa shape index (κ2) is 5.82. The van der Waals surface area contributed by atoms with Crippen LogP contribution in [0.15, 0.2) is 18.2 Å². The van der Waals surface area contributed by atoms with Crippen molar-refractivity contribution in [1.82, 2.24) is 0 Å². The van der Waals surface area contributed by atoms with Crippen molar-refractivity contribution in [2.24, 2.45) is 5.92 Å². The van der Waals surface area contributed by atoms with Gasteiger partial charge in [0, 0.05) is 13.5 Å². The molecule has 2 saturated carbocycles. The van der Waals surface area contributed by atoms with Crippen molar-refractivity contribution in [2.45, 2.75) is 56.5 Å². The number of ketones is 1. The standard InChI is InChI=1S/C19H24O4/c1-21-15-8-6-13-4-2-3-5-18(20)19(13,11-15)14-7-9-16-17(10-14)23-12-22-16/h7,9-10,13,15H,2-6,8,11-12H2,1H3/t13-,15?,19+/m0/s1. The van der Waals surface area contributed by atoms with Gasteiger partial charge in [-0.05, 0) is 55.7 Å². The Labute approximate surface area is 137 Å². The molecule has 0 radical (unpaired) electrons. The summed E-state index contributed by atoms with van der Waals surface area (Å²) in [5.41, 5.74) is 0.691. The van der Waals surface area contributed by atoms with E-state index in [9.17, 15) is 4.79 Å². The number of fused-ring (bicyclic) bond motifs is 2. The highest BCUT2D eigenvalue weighted by Crippen LogP contribution is 2.51. The number of methoxy groups -OCH3 is 1. The van der Waals surface area contributed by atoms with Crippen molar-refractivity contribution < 1.29 is 19.0 Å². The third-order valence-corrected chi connectivity index (χ3v) is 6.01. The van der Waals surface area contributed by atoms with E-state index < -0.39 is 5.41 Å². The monoisotopic (exact) mass is 316 g/mol. The Morgan fingerprint density at radius 2 is 2.00 bits per heavy atom. The van der Waals surface area contributed by atoms with Crippen LogP contribution in [0.3, 0.4) is 0 Å². The van der Waals surface area contributed by atoms with E-state index in [1.54, 1.807) is 7.11 Å². The molecule has 1 unspecified atom stereocenters. The van der Waals surface area contributed by atoms with Crippen molar-refractivity contribution in [1.29, 1.82) is 0 Å². The van der Waals surface area contributed by atoms with Crippen molar-refractivity contribution in [3.63, 3.8) is 0 Å². The quantitative estimate of drug-likeness (QED) is 0.836. The van der Waals surface area contributed by atoms with Crippen molar-refractivity contribution in [3.05, 3.63) is 23.8 Å². The van der Waals surface area contributed by atoms with Crippen LogP contribution in [0.4, 0.5) is 0 Å². The van der Waals surface area contributed by atoms with Gasteiger partial charge >= 0.3 is 0 Å². The van der Waals surface area contributed by atoms with E-state index >= 15 is 0 Å². The highest BCUT2D eigenvalue weighted by molar-refractivity contribution is 5.91. The summed E-state index contributed by atoms with van der Waals surface area (Å²) in [7, 11) is 1.76. The topological polar surface area (TPSA) is 44.8 Å². The maximum absolute atomic E-state index is 13.2. The fourth-order valence-corrected chi connectivity index (χ4v) is 4.78. The van der Waals surface area contributed by atoms with E-state index in [4.69, 9.17) is 14.2 Å². The normalized spacial score (nSPS) is 33.2. The van der Waals surface area contributed by atoms with Gasteiger partial charge in [-0.1, -0.05) is 12.5 Å². The highest BCUT2D eigenvalue weighted by Gasteiger charge is 2.51.